The van der Waals surface area contributed by atoms with Gasteiger partial charge in [-0.3, -0.25) is 0 Å². The summed E-state index contributed by atoms with van der Waals surface area (Å²) in [6, 6.07) is 4.32. The van der Waals surface area contributed by atoms with E-state index in [9.17, 15) is 9.90 Å². The van der Waals surface area contributed by atoms with E-state index in [-0.39, 0.29) is 29.8 Å². The largest absolute Gasteiger partial charge is 0.507 e. The molecule has 1 rings (SSSR count). The number of hydrogen-bond acceptors (Lipinski definition) is 3. The lowest BCUT2D eigenvalue weighted by molar-refractivity contribution is 0.0693. The topological polar surface area (TPSA) is 83.5 Å². The Kier molecular flexibility index (Phi) is 6.61. The number of aromatic carboxylic acids is 1. The summed E-state index contributed by atoms with van der Waals surface area (Å²) >= 11 is 0. The van der Waals surface area contributed by atoms with Gasteiger partial charge in [0.2, 0.25) is 0 Å². The molecule has 0 bridgehead atoms. The van der Waals surface area contributed by atoms with Gasteiger partial charge in [0.25, 0.3) is 0 Å². The van der Waals surface area contributed by atoms with Crippen LogP contribution in [-0.2, 0) is 0 Å². The Morgan fingerprint density at radius 2 is 2.12 bits per heavy atom. The molecule has 5 heteroatoms. The summed E-state index contributed by atoms with van der Waals surface area (Å²) in [7, 11) is 0. The van der Waals surface area contributed by atoms with Gasteiger partial charge < -0.3 is 15.9 Å². The van der Waals surface area contributed by atoms with Crippen molar-refractivity contribution < 1.29 is 15.0 Å². The molecule has 1 aromatic rings. The van der Waals surface area contributed by atoms with E-state index in [1.165, 1.54) is 12.1 Å². The van der Waals surface area contributed by atoms with Crippen molar-refractivity contribution in [2.24, 2.45) is 5.73 Å². The summed E-state index contributed by atoms with van der Waals surface area (Å²) in [6.07, 6.45) is 2.88. The highest BCUT2D eigenvalue weighted by Crippen LogP contribution is 2.23. The van der Waals surface area contributed by atoms with E-state index in [4.69, 9.17) is 10.8 Å². The Balaban J connectivity index is 0.00000256. The van der Waals surface area contributed by atoms with Crippen LogP contribution in [0.15, 0.2) is 18.2 Å². The van der Waals surface area contributed by atoms with Crippen molar-refractivity contribution in [1.29, 1.82) is 0 Å². The lowest BCUT2D eigenvalue weighted by atomic mass is 9.99. The Hall–Kier alpha value is -1.26. The maximum atomic E-state index is 10.8. The highest BCUT2D eigenvalue weighted by molar-refractivity contribution is 5.90. The number of phenols is 1. The van der Waals surface area contributed by atoms with Crippen molar-refractivity contribution in [3.63, 3.8) is 0 Å². The number of carboxylic acid groups (broad SMARTS) is 1. The molecule has 0 fully saturated rings. The van der Waals surface area contributed by atoms with E-state index in [1.807, 2.05) is 0 Å². The average molecular weight is 260 g/mol. The molecule has 0 aliphatic heterocycles. The Labute approximate surface area is 107 Å². The summed E-state index contributed by atoms with van der Waals surface area (Å²) in [5, 5.41) is 18.2. The van der Waals surface area contributed by atoms with Crippen LogP contribution in [0.1, 0.15) is 48.1 Å². The molecule has 1 aromatic carbocycles. The van der Waals surface area contributed by atoms with E-state index >= 15 is 0 Å². The second-order valence-corrected chi connectivity index (χ2v) is 3.83. The number of halogens is 1. The number of benzene rings is 1. The Morgan fingerprint density at radius 3 is 2.65 bits per heavy atom. The van der Waals surface area contributed by atoms with E-state index in [1.54, 1.807) is 6.07 Å². The zero-order valence-electron chi connectivity index (χ0n) is 9.72. The number of carboxylic acids is 1. The summed E-state index contributed by atoms with van der Waals surface area (Å²) in [6.45, 7) is 2.08. The fourth-order valence-corrected chi connectivity index (χ4v) is 1.55. The molecule has 0 aliphatic carbocycles. The van der Waals surface area contributed by atoms with Gasteiger partial charge in [-0.15, -0.1) is 12.4 Å². The van der Waals surface area contributed by atoms with Gasteiger partial charge in [0.05, 0.1) is 0 Å². The summed E-state index contributed by atoms with van der Waals surface area (Å²) in [5.41, 5.74) is 6.59. The molecule has 0 saturated carbocycles. The molecule has 4 nitrogen and oxygen atoms in total. The first-order valence-electron chi connectivity index (χ1n) is 5.38. The third-order valence-corrected chi connectivity index (χ3v) is 2.55. The molecular weight excluding hydrogens is 242 g/mol. The third-order valence-electron chi connectivity index (χ3n) is 2.55. The minimum Gasteiger partial charge on any atom is -0.507 e. The van der Waals surface area contributed by atoms with Crippen molar-refractivity contribution in [2.45, 2.75) is 32.2 Å². The van der Waals surface area contributed by atoms with Gasteiger partial charge in [-0.1, -0.05) is 25.8 Å². The fourth-order valence-electron chi connectivity index (χ4n) is 1.55. The molecule has 0 unspecified atom stereocenters. The second kappa shape index (κ2) is 7.14. The van der Waals surface area contributed by atoms with E-state index in [0.717, 1.165) is 24.8 Å². The molecule has 0 heterocycles. The van der Waals surface area contributed by atoms with Crippen LogP contribution in [0.2, 0.25) is 0 Å². The van der Waals surface area contributed by atoms with E-state index in [0.29, 0.717) is 0 Å². The number of carbonyl (C=O) groups is 1. The van der Waals surface area contributed by atoms with Gasteiger partial charge >= 0.3 is 5.97 Å². The average Bonchev–Trinajstić information content (AvgIpc) is 2.26. The van der Waals surface area contributed by atoms with Gasteiger partial charge in [-0.25, -0.2) is 4.79 Å². The molecule has 0 aromatic heterocycles. The first-order valence-corrected chi connectivity index (χ1v) is 5.38. The van der Waals surface area contributed by atoms with Crippen molar-refractivity contribution in [3.8, 4) is 5.75 Å². The molecule has 1 atom stereocenters. The van der Waals surface area contributed by atoms with Crippen molar-refractivity contribution in [2.75, 3.05) is 0 Å². The predicted molar refractivity (Wildman–Crippen MR) is 68.8 cm³/mol. The lowest BCUT2D eigenvalue weighted by Gasteiger charge is -2.12. The standard InChI is InChI=1S/C12H17NO3.ClH/c1-2-3-4-10(13)8-5-6-11(14)9(7-8)12(15)16;/h5-7,10,14H,2-4,13H2,1H3,(H,15,16);1H/t10-;/m0./s1. The van der Waals surface area contributed by atoms with Crippen LogP contribution < -0.4 is 5.73 Å². The van der Waals surface area contributed by atoms with Crippen LogP contribution >= 0.6 is 12.4 Å². The van der Waals surface area contributed by atoms with Crippen LogP contribution in [0.25, 0.3) is 0 Å². The Bertz CT molecular complexity index is 382. The van der Waals surface area contributed by atoms with Gasteiger partial charge in [0, 0.05) is 6.04 Å². The smallest absolute Gasteiger partial charge is 0.339 e. The van der Waals surface area contributed by atoms with Crippen LogP contribution in [0.3, 0.4) is 0 Å². The third kappa shape index (κ3) is 4.24. The first kappa shape index (κ1) is 15.7. The van der Waals surface area contributed by atoms with Gasteiger partial charge in [0.15, 0.2) is 0 Å². The van der Waals surface area contributed by atoms with Crippen LogP contribution in [0, 0.1) is 0 Å². The number of aromatic hydroxyl groups is 1. The number of hydrogen-bond donors (Lipinski definition) is 3. The first-order chi connectivity index (χ1) is 7.56. The number of rotatable bonds is 5. The zero-order chi connectivity index (χ0) is 12.1. The highest BCUT2D eigenvalue weighted by Gasteiger charge is 2.13. The minimum atomic E-state index is -1.14. The van der Waals surface area contributed by atoms with Gasteiger partial charge in [-0.2, -0.15) is 0 Å². The van der Waals surface area contributed by atoms with Crippen molar-refractivity contribution >= 4 is 18.4 Å². The molecule has 17 heavy (non-hydrogen) atoms. The quantitative estimate of drug-likeness (QED) is 0.759. The summed E-state index contributed by atoms with van der Waals surface area (Å²) in [5.74, 6) is -1.36. The Morgan fingerprint density at radius 1 is 1.47 bits per heavy atom. The van der Waals surface area contributed by atoms with E-state index in [2.05, 4.69) is 6.92 Å². The van der Waals surface area contributed by atoms with Crippen LogP contribution in [-0.4, -0.2) is 16.2 Å². The van der Waals surface area contributed by atoms with Gasteiger partial charge in [0.1, 0.15) is 11.3 Å². The van der Waals surface area contributed by atoms with Crippen molar-refractivity contribution in [1.82, 2.24) is 0 Å². The van der Waals surface area contributed by atoms with E-state index < -0.39 is 5.97 Å². The number of unbranched alkanes of at least 4 members (excludes halogenated alkanes) is 1. The fraction of sp³-hybridized carbons (Fsp3) is 0.417. The predicted octanol–water partition coefficient (Wildman–Crippen LogP) is 2.70. The molecule has 0 saturated heterocycles. The zero-order valence-corrected chi connectivity index (χ0v) is 10.5. The molecule has 4 N–H and O–H groups in total. The molecule has 0 spiro atoms. The minimum absolute atomic E-state index is 0. The van der Waals surface area contributed by atoms with Crippen LogP contribution in [0.5, 0.6) is 5.75 Å². The second-order valence-electron chi connectivity index (χ2n) is 3.83. The highest BCUT2D eigenvalue weighted by atomic mass is 35.5. The molecule has 0 amide bonds. The summed E-state index contributed by atoms with van der Waals surface area (Å²) < 4.78 is 0. The molecular formula is C12H18ClNO3. The van der Waals surface area contributed by atoms with Crippen LogP contribution in [0.4, 0.5) is 0 Å². The maximum absolute atomic E-state index is 10.8. The SMILES string of the molecule is CCCC[C@H](N)c1ccc(O)c(C(=O)O)c1.Cl. The van der Waals surface area contributed by atoms with Crippen molar-refractivity contribution in [3.05, 3.63) is 29.3 Å². The van der Waals surface area contributed by atoms with Gasteiger partial charge in [-0.05, 0) is 24.1 Å². The molecule has 96 valence electrons. The number of nitrogens with two attached hydrogens (primary N) is 1. The summed E-state index contributed by atoms with van der Waals surface area (Å²) in [4.78, 5) is 10.8. The molecule has 0 radical (unpaired) electrons. The normalized spacial score (nSPS) is 11.6. The maximum Gasteiger partial charge on any atom is 0.339 e. The lowest BCUT2D eigenvalue weighted by Crippen LogP contribution is -2.11. The monoisotopic (exact) mass is 259 g/mol. The molecule has 0 aliphatic rings.